The van der Waals surface area contributed by atoms with Crippen LogP contribution in [0.3, 0.4) is 0 Å². The van der Waals surface area contributed by atoms with Gasteiger partial charge < -0.3 is 10.1 Å². The van der Waals surface area contributed by atoms with Gasteiger partial charge in [0.25, 0.3) is 0 Å². The second-order valence-corrected chi connectivity index (χ2v) is 6.14. The van der Waals surface area contributed by atoms with E-state index in [2.05, 4.69) is 21.2 Å². The number of rotatable bonds is 6. The van der Waals surface area contributed by atoms with Crippen LogP contribution in [0, 0.1) is 0 Å². The first-order valence-corrected chi connectivity index (χ1v) is 7.83. The third kappa shape index (κ3) is 4.21. The van der Waals surface area contributed by atoms with Crippen LogP contribution < -0.4 is 10.1 Å². The third-order valence-corrected chi connectivity index (χ3v) is 4.28. The molecule has 3 nitrogen and oxygen atoms in total. The summed E-state index contributed by atoms with van der Waals surface area (Å²) < 4.78 is 6.13. The Kier molecular flexibility index (Phi) is 4.95. The van der Waals surface area contributed by atoms with Gasteiger partial charge in [0.05, 0.1) is 17.3 Å². The summed E-state index contributed by atoms with van der Waals surface area (Å²) in [6, 6.07) is 6.44. The average molecular weight is 330 g/mol. The summed E-state index contributed by atoms with van der Waals surface area (Å²) in [5.41, 5.74) is 1.19. The van der Waals surface area contributed by atoms with Crippen LogP contribution in [-0.2, 0) is 10.5 Å². The van der Waals surface area contributed by atoms with Crippen LogP contribution in [0.4, 0.5) is 0 Å². The molecule has 98 valence electrons. The van der Waals surface area contributed by atoms with E-state index in [1.807, 2.05) is 18.2 Å². The number of carbonyl (C=O) groups excluding carboxylic acids is 1. The van der Waals surface area contributed by atoms with Gasteiger partial charge in [-0.05, 0) is 46.5 Å². The Labute approximate surface area is 120 Å². The molecule has 1 aliphatic carbocycles. The van der Waals surface area contributed by atoms with Crippen LogP contribution in [-0.4, -0.2) is 24.8 Å². The number of nitrogens with one attached hydrogen (secondary N) is 1. The molecule has 0 radical (unpaired) electrons. The Balaban J connectivity index is 1.75. The number of carbonyl (C=O) groups is 1. The number of thioether (sulfide) groups is 1. The van der Waals surface area contributed by atoms with E-state index < -0.39 is 0 Å². The van der Waals surface area contributed by atoms with Crippen molar-refractivity contribution >= 4 is 33.6 Å². The maximum Gasteiger partial charge on any atom is 0.230 e. The zero-order chi connectivity index (χ0) is 13.0. The van der Waals surface area contributed by atoms with Gasteiger partial charge in [-0.3, -0.25) is 4.79 Å². The molecule has 0 saturated heterocycles. The van der Waals surface area contributed by atoms with E-state index in [0.717, 1.165) is 28.8 Å². The van der Waals surface area contributed by atoms with Gasteiger partial charge in [0, 0.05) is 11.8 Å². The van der Waals surface area contributed by atoms with Crippen LogP contribution in [0.25, 0.3) is 0 Å². The highest BCUT2D eigenvalue weighted by molar-refractivity contribution is 9.10. The van der Waals surface area contributed by atoms with Crippen LogP contribution >= 0.6 is 27.7 Å². The SMILES string of the molecule is COc1ccc(CSCC(=O)NC2CC2)cc1Br. The van der Waals surface area contributed by atoms with E-state index in [1.165, 1.54) is 5.56 Å². The Morgan fingerprint density at radius 2 is 2.33 bits per heavy atom. The summed E-state index contributed by atoms with van der Waals surface area (Å²) in [6.07, 6.45) is 2.28. The van der Waals surface area contributed by atoms with E-state index in [0.29, 0.717) is 11.8 Å². The van der Waals surface area contributed by atoms with Gasteiger partial charge in [0.15, 0.2) is 0 Å². The number of halogens is 1. The molecule has 5 heteroatoms. The van der Waals surface area contributed by atoms with Crippen molar-refractivity contribution in [3.8, 4) is 5.75 Å². The molecule has 0 spiro atoms. The van der Waals surface area contributed by atoms with Crippen LogP contribution in [0.1, 0.15) is 18.4 Å². The lowest BCUT2D eigenvalue weighted by molar-refractivity contribution is -0.118. The van der Waals surface area contributed by atoms with Gasteiger partial charge in [0.2, 0.25) is 5.91 Å². The van der Waals surface area contributed by atoms with Crippen LogP contribution in [0.15, 0.2) is 22.7 Å². The summed E-state index contributed by atoms with van der Waals surface area (Å²) in [4.78, 5) is 11.5. The lowest BCUT2D eigenvalue weighted by Crippen LogP contribution is -2.27. The zero-order valence-electron chi connectivity index (χ0n) is 10.2. The van der Waals surface area contributed by atoms with E-state index in [-0.39, 0.29) is 5.91 Å². The number of ether oxygens (including phenoxy) is 1. The van der Waals surface area contributed by atoms with Gasteiger partial charge >= 0.3 is 0 Å². The fourth-order valence-corrected chi connectivity index (χ4v) is 2.93. The minimum atomic E-state index is 0.148. The number of hydrogen-bond acceptors (Lipinski definition) is 3. The van der Waals surface area contributed by atoms with Gasteiger partial charge in [0.1, 0.15) is 5.75 Å². The number of hydrogen-bond donors (Lipinski definition) is 1. The molecule has 0 bridgehead atoms. The first kappa shape index (κ1) is 13.7. The van der Waals surface area contributed by atoms with Crippen LogP contribution in [0.5, 0.6) is 5.75 Å². The first-order valence-electron chi connectivity index (χ1n) is 5.88. The van der Waals surface area contributed by atoms with Crippen molar-refractivity contribution in [2.24, 2.45) is 0 Å². The maximum atomic E-state index is 11.5. The average Bonchev–Trinajstić information content (AvgIpc) is 3.13. The number of amides is 1. The van der Waals surface area contributed by atoms with Gasteiger partial charge in [-0.1, -0.05) is 6.07 Å². The Hall–Kier alpha value is -0.680. The quantitative estimate of drug-likeness (QED) is 0.871. The Bertz CT molecular complexity index is 435. The van der Waals surface area contributed by atoms with E-state index >= 15 is 0 Å². The molecule has 0 heterocycles. The minimum Gasteiger partial charge on any atom is -0.496 e. The monoisotopic (exact) mass is 329 g/mol. The van der Waals surface area contributed by atoms with Crippen molar-refractivity contribution in [2.75, 3.05) is 12.9 Å². The van der Waals surface area contributed by atoms with E-state index in [1.54, 1.807) is 18.9 Å². The lowest BCUT2D eigenvalue weighted by atomic mass is 10.2. The van der Waals surface area contributed by atoms with Gasteiger partial charge in [-0.15, -0.1) is 11.8 Å². The zero-order valence-corrected chi connectivity index (χ0v) is 12.6. The standard InChI is InChI=1S/C13H16BrNO2S/c1-17-12-5-2-9(6-11(12)14)7-18-8-13(16)15-10-3-4-10/h2,5-6,10H,3-4,7-8H2,1H3,(H,15,16). The molecule has 1 N–H and O–H groups in total. The lowest BCUT2D eigenvalue weighted by Gasteiger charge is -2.06. The minimum absolute atomic E-state index is 0.148. The molecule has 1 aliphatic rings. The van der Waals surface area contributed by atoms with Gasteiger partial charge in [-0.2, -0.15) is 0 Å². The molecule has 1 amide bonds. The topological polar surface area (TPSA) is 38.3 Å². The molecule has 1 aromatic carbocycles. The maximum absolute atomic E-state index is 11.5. The predicted octanol–water partition coefficient (Wildman–Crippen LogP) is 2.97. The van der Waals surface area contributed by atoms with Crippen LogP contribution in [0.2, 0.25) is 0 Å². The highest BCUT2D eigenvalue weighted by Crippen LogP contribution is 2.27. The molecule has 1 saturated carbocycles. The second-order valence-electron chi connectivity index (χ2n) is 4.30. The molecular formula is C13H16BrNO2S. The Morgan fingerprint density at radius 1 is 1.56 bits per heavy atom. The van der Waals surface area contributed by atoms with Crippen molar-refractivity contribution in [1.29, 1.82) is 0 Å². The fourth-order valence-electron chi connectivity index (χ4n) is 1.56. The van der Waals surface area contributed by atoms with Crippen molar-refractivity contribution in [1.82, 2.24) is 5.32 Å². The molecular weight excluding hydrogens is 314 g/mol. The predicted molar refractivity (Wildman–Crippen MR) is 78.0 cm³/mol. The summed E-state index contributed by atoms with van der Waals surface area (Å²) in [6.45, 7) is 0. The molecule has 0 unspecified atom stereocenters. The third-order valence-electron chi connectivity index (χ3n) is 2.66. The molecule has 2 rings (SSSR count). The second kappa shape index (κ2) is 6.48. The normalized spacial score (nSPS) is 14.3. The molecule has 1 fully saturated rings. The molecule has 0 aliphatic heterocycles. The molecule has 0 aromatic heterocycles. The highest BCUT2D eigenvalue weighted by Gasteiger charge is 2.22. The highest BCUT2D eigenvalue weighted by atomic mass is 79.9. The van der Waals surface area contributed by atoms with E-state index in [4.69, 9.17) is 4.74 Å². The van der Waals surface area contributed by atoms with Gasteiger partial charge in [-0.25, -0.2) is 0 Å². The van der Waals surface area contributed by atoms with Crippen molar-refractivity contribution in [3.63, 3.8) is 0 Å². The van der Waals surface area contributed by atoms with Crippen molar-refractivity contribution in [3.05, 3.63) is 28.2 Å². The molecule has 1 aromatic rings. The largest absolute Gasteiger partial charge is 0.496 e. The smallest absolute Gasteiger partial charge is 0.230 e. The molecule has 18 heavy (non-hydrogen) atoms. The van der Waals surface area contributed by atoms with Crippen molar-refractivity contribution in [2.45, 2.75) is 24.6 Å². The first-order chi connectivity index (χ1) is 8.69. The summed E-state index contributed by atoms with van der Waals surface area (Å²) in [5.74, 6) is 2.34. The number of benzene rings is 1. The Morgan fingerprint density at radius 3 is 2.94 bits per heavy atom. The van der Waals surface area contributed by atoms with Crippen molar-refractivity contribution < 1.29 is 9.53 Å². The number of methoxy groups -OCH3 is 1. The summed E-state index contributed by atoms with van der Waals surface area (Å²) >= 11 is 5.09. The van der Waals surface area contributed by atoms with E-state index in [9.17, 15) is 4.79 Å². The molecule has 0 atom stereocenters. The summed E-state index contributed by atoms with van der Waals surface area (Å²) in [7, 11) is 1.65. The fraction of sp³-hybridized carbons (Fsp3) is 0.462. The summed E-state index contributed by atoms with van der Waals surface area (Å²) in [5, 5.41) is 2.98.